The highest BCUT2D eigenvalue weighted by Gasteiger charge is 2.24. The summed E-state index contributed by atoms with van der Waals surface area (Å²) in [5.41, 5.74) is 0. The third kappa shape index (κ3) is 5.17. The maximum Gasteiger partial charge on any atom is 0.410 e. The molecule has 0 radical (unpaired) electrons. The summed E-state index contributed by atoms with van der Waals surface area (Å²) >= 11 is 5.79. The second-order valence-electron chi connectivity index (χ2n) is 4.98. The molecule has 0 bridgehead atoms. The lowest BCUT2D eigenvalue weighted by Crippen LogP contribution is -2.51. The molecule has 0 N–H and O–H groups in total. The Kier molecular flexibility index (Phi) is 6.29. The van der Waals surface area contributed by atoms with Crippen molar-refractivity contribution in [2.24, 2.45) is 0 Å². The lowest BCUT2D eigenvalue weighted by atomic mass is 10.3. The quantitative estimate of drug-likeness (QED) is 0.772. The van der Waals surface area contributed by atoms with E-state index < -0.39 is 0 Å². The zero-order chi connectivity index (χ0) is 16.7. The van der Waals surface area contributed by atoms with Gasteiger partial charge < -0.3 is 19.3 Å². The molecular weight excluding hydrogens is 320 g/mol. The van der Waals surface area contributed by atoms with Crippen LogP contribution in [0, 0.1) is 0 Å². The Hall–Kier alpha value is -2.21. The predicted molar refractivity (Wildman–Crippen MR) is 86.6 cm³/mol. The Morgan fingerprint density at radius 2 is 1.74 bits per heavy atom. The number of amides is 2. The highest BCUT2D eigenvalue weighted by Crippen LogP contribution is 2.15. The van der Waals surface area contributed by atoms with Gasteiger partial charge in [0.2, 0.25) is 0 Å². The summed E-state index contributed by atoms with van der Waals surface area (Å²) in [5.74, 6) is 0.480. The summed E-state index contributed by atoms with van der Waals surface area (Å²) < 4.78 is 10.4. The molecule has 124 valence electrons. The van der Waals surface area contributed by atoms with E-state index in [0.717, 1.165) is 0 Å². The minimum absolute atomic E-state index is 0.0391. The van der Waals surface area contributed by atoms with E-state index in [0.29, 0.717) is 37.0 Å². The fourth-order valence-corrected chi connectivity index (χ4v) is 2.25. The Morgan fingerprint density at radius 3 is 2.35 bits per heavy atom. The first-order valence-electron chi connectivity index (χ1n) is 7.29. The molecule has 1 heterocycles. The molecule has 1 aliphatic rings. The molecule has 1 aromatic rings. The number of ether oxygens (including phenoxy) is 2. The summed E-state index contributed by atoms with van der Waals surface area (Å²) in [5, 5.41) is 0.614. The van der Waals surface area contributed by atoms with Crippen molar-refractivity contribution in [1.29, 1.82) is 0 Å². The first-order chi connectivity index (χ1) is 11.1. The van der Waals surface area contributed by atoms with Crippen molar-refractivity contribution in [3.63, 3.8) is 0 Å². The highest BCUT2D eigenvalue weighted by molar-refractivity contribution is 6.30. The largest absolute Gasteiger partial charge is 0.484 e. The number of piperazine rings is 1. The van der Waals surface area contributed by atoms with Crippen LogP contribution in [0.5, 0.6) is 5.75 Å². The van der Waals surface area contributed by atoms with E-state index in [1.54, 1.807) is 34.1 Å². The van der Waals surface area contributed by atoms with E-state index in [2.05, 4.69) is 6.58 Å². The molecule has 0 saturated carbocycles. The van der Waals surface area contributed by atoms with Crippen LogP contribution in [0.15, 0.2) is 36.9 Å². The van der Waals surface area contributed by atoms with E-state index in [-0.39, 0.29) is 25.2 Å². The molecule has 1 saturated heterocycles. The number of rotatable bonds is 5. The zero-order valence-electron chi connectivity index (χ0n) is 12.7. The van der Waals surface area contributed by atoms with Gasteiger partial charge in [-0.05, 0) is 24.3 Å². The number of hydrogen-bond acceptors (Lipinski definition) is 4. The Morgan fingerprint density at radius 1 is 1.13 bits per heavy atom. The third-order valence-corrected chi connectivity index (χ3v) is 3.64. The van der Waals surface area contributed by atoms with Crippen molar-refractivity contribution in [3.05, 3.63) is 41.9 Å². The minimum atomic E-state index is -0.380. The zero-order valence-corrected chi connectivity index (χ0v) is 13.5. The molecule has 0 spiro atoms. The van der Waals surface area contributed by atoms with Crippen LogP contribution < -0.4 is 4.74 Å². The van der Waals surface area contributed by atoms with Gasteiger partial charge in [-0.1, -0.05) is 24.3 Å². The second kappa shape index (κ2) is 8.43. The number of carbonyl (C=O) groups is 2. The first-order valence-corrected chi connectivity index (χ1v) is 7.66. The van der Waals surface area contributed by atoms with Gasteiger partial charge in [0.1, 0.15) is 12.4 Å². The molecule has 6 nitrogen and oxygen atoms in total. The molecule has 7 heteroatoms. The molecule has 0 unspecified atom stereocenters. The average Bonchev–Trinajstić information content (AvgIpc) is 2.59. The molecule has 0 aliphatic carbocycles. The van der Waals surface area contributed by atoms with Crippen LogP contribution in [0.3, 0.4) is 0 Å². The first kappa shape index (κ1) is 17.1. The van der Waals surface area contributed by atoms with Gasteiger partial charge in [0, 0.05) is 31.2 Å². The smallest absolute Gasteiger partial charge is 0.410 e. The van der Waals surface area contributed by atoms with Crippen molar-refractivity contribution in [2.45, 2.75) is 0 Å². The number of carbonyl (C=O) groups excluding carboxylic acids is 2. The van der Waals surface area contributed by atoms with Crippen LogP contribution in [0.25, 0.3) is 0 Å². The summed E-state index contributed by atoms with van der Waals surface area (Å²) in [7, 11) is 0. The number of hydrogen-bond donors (Lipinski definition) is 0. The standard InChI is InChI=1S/C16H19ClN2O4/c1-2-11-22-16(21)19-9-7-18(8-10-19)15(20)12-23-14-5-3-13(17)4-6-14/h2-6H,1,7-12H2. The Balaban J connectivity index is 1.74. The molecule has 2 rings (SSSR count). The van der Waals surface area contributed by atoms with E-state index in [4.69, 9.17) is 21.1 Å². The third-order valence-electron chi connectivity index (χ3n) is 3.39. The van der Waals surface area contributed by atoms with E-state index in [1.807, 2.05) is 0 Å². The Labute approximate surface area is 140 Å². The highest BCUT2D eigenvalue weighted by atomic mass is 35.5. The molecule has 0 atom stereocenters. The van der Waals surface area contributed by atoms with Crippen LogP contribution in [0.4, 0.5) is 4.79 Å². The van der Waals surface area contributed by atoms with Gasteiger partial charge in [0.25, 0.3) is 5.91 Å². The van der Waals surface area contributed by atoms with Gasteiger partial charge in [-0.25, -0.2) is 4.79 Å². The summed E-state index contributed by atoms with van der Waals surface area (Å²) in [6.45, 7) is 5.46. The molecule has 1 fully saturated rings. The molecule has 23 heavy (non-hydrogen) atoms. The summed E-state index contributed by atoms with van der Waals surface area (Å²) in [6.07, 6.45) is 1.14. The van der Waals surface area contributed by atoms with Crippen LogP contribution >= 0.6 is 11.6 Å². The van der Waals surface area contributed by atoms with Crippen LogP contribution in [0.1, 0.15) is 0 Å². The molecular formula is C16H19ClN2O4. The SMILES string of the molecule is C=CCOC(=O)N1CCN(C(=O)COc2ccc(Cl)cc2)CC1. The van der Waals surface area contributed by atoms with E-state index in [1.165, 1.54) is 6.08 Å². The lowest BCUT2D eigenvalue weighted by molar-refractivity contribution is -0.134. The maximum absolute atomic E-state index is 12.1. The van der Waals surface area contributed by atoms with Gasteiger partial charge >= 0.3 is 6.09 Å². The monoisotopic (exact) mass is 338 g/mol. The summed E-state index contributed by atoms with van der Waals surface area (Å²) in [6, 6.07) is 6.83. The van der Waals surface area contributed by atoms with Crippen LogP contribution in [-0.2, 0) is 9.53 Å². The normalized spacial score (nSPS) is 14.3. The van der Waals surface area contributed by atoms with Gasteiger partial charge in [-0.3, -0.25) is 4.79 Å². The molecule has 2 amide bonds. The van der Waals surface area contributed by atoms with Gasteiger partial charge in [-0.15, -0.1) is 0 Å². The van der Waals surface area contributed by atoms with Crippen molar-refractivity contribution >= 4 is 23.6 Å². The van der Waals surface area contributed by atoms with Gasteiger partial charge in [0.15, 0.2) is 6.61 Å². The predicted octanol–water partition coefficient (Wildman–Crippen LogP) is 2.19. The fraction of sp³-hybridized carbons (Fsp3) is 0.375. The van der Waals surface area contributed by atoms with Crippen molar-refractivity contribution in [3.8, 4) is 5.75 Å². The minimum Gasteiger partial charge on any atom is -0.484 e. The second-order valence-corrected chi connectivity index (χ2v) is 5.41. The topological polar surface area (TPSA) is 59.1 Å². The van der Waals surface area contributed by atoms with Crippen molar-refractivity contribution in [2.75, 3.05) is 39.4 Å². The van der Waals surface area contributed by atoms with Gasteiger partial charge in [0.05, 0.1) is 0 Å². The van der Waals surface area contributed by atoms with Crippen LogP contribution in [0.2, 0.25) is 5.02 Å². The molecule has 1 aliphatic heterocycles. The maximum atomic E-state index is 12.1. The van der Waals surface area contributed by atoms with Crippen molar-refractivity contribution in [1.82, 2.24) is 9.80 Å². The fourth-order valence-electron chi connectivity index (χ4n) is 2.13. The number of benzene rings is 1. The molecule has 0 aromatic heterocycles. The number of nitrogens with zero attached hydrogens (tertiary/aromatic N) is 2. The summed E-state index contributed by atoms with van der Waals surface area (Å²) in [4.78, 5) is 27.1. The van der Waals surface area contributed by atoms with E-state index >= 15 is 0 Å². The van der Waals surface area contributed by atoms with E-state index in [9.17, 15) is 9.59 Å². The molecule has 1 aromatic carbocycles. The number of halogens is 1. The Bertz CT molecular complexity index is 554. The van der Waals surface area contributed by atoms with Crippen molar-refractivity contribution < 1.29 is 19.1 Å². The lowest BCUT2D eigenvalue weighted by Gasteiger charge is -2.33. The van der Waals surface area contributed by atoms with Crippen LogP contribution in [-0.4, -0.2) is 61.2 Å². The van der Waals surface area contributed by atoms with Gasteiger partial charge in [-0.2, -0.15) is 0 Å². The average molecular weight is 339 g/mol.